The number of likely N-dealkylation sites (tertiary alicyclic amines) is 1. The monoisotopic (exact) mass is 250 g/mol. The summed E-state index contributed by atoms with van der Waals surface area (Å²) in [5.74, 6) is 1.10. The molecular formula is C14H22N2O2. The van der Waals surface area contributed by atoms with E-state index in [9.17, 15) is 4.79 Å². The van der Waals surface area contributed by atoms with E-state index in [1.807, 2.05) is 11.8 Å². The molecule has 1 aromatic rings. The summed E-state index contributed by atoms with van der Waals surface area (Å²) in [6.45, 7) is 4.82. The van der Waals surface area contributed by atoms with Crippen LogP contribution in [0.1, 0.15) is 61.9 Å². The maximum absolute atomic E-state index is 12.4. The van der Waals surface area contributed by atoms with E-state index >= 15 is 0 Å². The van der Waals surface area contributed by atoms with Gasteiger partial charge in [-0.3, -0.25) is 4.79 Å². The molecule has 4 heteroatoms. The first-order valence-corrected chi connectivity index (χ1v) is 6.79. The molecule has 0 saturated carbocycles. The summed E-state index contributed by atoms with van der Waals surface area (Å²) in [4.78, 5) is 14.3. The number of nitrogens with zero attached hydrogens (tertiary/aromatic N) is 1. The average Bonchev–Trinajstić information content (AvgIpc) is 2.87. The molecule has 2 rings (SSSR count). The summed E-state index contributed by atoms with van der Waals surface area (Å²) >= 11 is 0. The maximum atomic E-state index is 12.4. The first-order chi connectivity index (χ1) is 8.63. The average molecular weight is 250 g/mol. The normalized spacial score (nSPS) is 21.9. The van der Waals surface area contributed by atoms with Crippen molar-refractivity contribution in [3.63, 3.8) is 0 Å². The molecule has 18 heavy (non-hydrogen) atoms. The van der Waals surface area contributed by atoms with Gasteiger partial charge in [0.2, 0.25) is 0 Å². The lowest BCUT2D eigenvalue weighted by Gasteiger charge is -2.34. The summed E-state index contributed by atoms with van der Waals surface area (Å²) in [6.07, 6.45) is 4.41. The van der Waals surface area contributed by atoms with Crippen LogP contribution < -0.4 is 5.73 Å². The van der Waals surface area contributed by atoms with Crippen LogP contribution in [0.25, 0.3) is 0 Å². The Hall–Kier alpha value is -1.29. The van der Waals surface area contributed by atoms with Gasteiger partial charge >= 0.3 is 0 Å². The molecule has 0 aliphatic carbocycles. The van der Waals surface area contributed by atoms with Gasteiger partial charge in [0, 0.05) is 12.6 Å². The number of nitrogens with two attached hydrogens (primary N) is 1. The van der Waals surface area contributed by atoms with Gasteiger partial charge in [-0.25, -0.2) is 0 Å². The molecule has 4 nitrogen and oxygen atoms in total. The molecule has 1 saturated heterocycles. The number of furan rings is 1. The van der Waals surface area contributed by atoms with E-state index in [0.717, 1.165) is 25.8 Å². The number of amides is 1. The summed E-state index contributed by atoms with van der Waals surface area (Å²) in [7, 11) is 0. The Morgan fingerprint density at radius 2 is 2.33 bits per heavy atom. The molecule has 0 bridgehead atoms. The molecule has 2 N–H and O–H groups in total. The minimum Gasteiger partial charge on any atom is -0.454 e. The molecule has 2 heterocycles. The summed E-state index contributed by atoms with van der Waals surface area (Å²) in [6, 6.07) is 3.72. The third kappa shape index (κ3) is 2.58. The van der Waals surface area contributed by atoms with Gasteiger partial charge in [-0.05, 0) is 44.7 Å². The number of hydrogen-bond acceptors (Lipinski definition) is 3. The first-order valence-electron chi connectivity index (χ1n) is 6.79. The zero-order valence-corrected chi connectivity index (χ0v) is 11.2. The topological polar surface area (TPSA) is 59.5 Å². The Labute approximate surface area is 108 Å². The Kier molecular flexibility index (Phi) is 4.07. The van der Waals surface area contributed by atoms with Crippen molar-refractivity contribution in [1.29, 1.82) is 0 Å². The van der Waals surface area contributed by atoms with E-state index in [2.05, 4.69) is 6.92 Å². The summed E-state index contributed by atoms with van der Waals surface area (Å²) in [5, 5.41) is 0. The van der Waals surface area contributed by atoms with E-state index in [1.54, 1.807) is 12.1 Å². The van der Waals surface area contributed by atoms with Gasteiger partial charge in [-0.1, -0.05) is 6.92 Å². The lowest BCUT2D eigenvalue weighted by atomic mass is 10.00. The largest absolute Gasteiger partial charge is 0.454 e. The molecular weight excluding hydrogens is 228 g/mol. The Morgan fingerprint density at radius 1 is 1.56 bits per heavy atom. The van der Waals surface area contributed by atoms with Crippen molar-refractivity contribution in [3.8, 4) is 0 Å². The zero-order chi connectivity index (χ0) is 13.1. The molecule has 1 fully saturated rings. The lowest BCUT2D eigenvalue weighted by Crippen LogP contribution is -2.43. The van der Waals surface area contributed by atoms with Crippen molar-refractivity contribution in [2.75, 3.05) is 6.54 Å². The minimum atomic E-state index is -0.171. The second kappa shape index (κ2) is 5.57. The second-order valence-corrected chi connectivity index (χ2v) is 5.05. The van der Waals surface area contributed by atoms with Gasteiger partial charge in [0.15, 0.2) is 5.76 Å². The second-order valence-electron chi connectivity index (χ2n) is 5.05. The van der Waals surface area contributed by atoms with Gasteiger partial charge in [-0.15, -0.1) is 0 Å². The fourth-order valence-electron chi connectivity index (χ4n) is 2.55. The fraction of sp³-hybridized carbons (Fsp3) is 0.643. The number of rotatable bonds is 3. The standard InChI is InChI=1S/C14H22N2O2/c1-3-11-6-4-5-9-16(11)14(17)13-8-7-12(18-13)10(2)15/h7-8,10-11H,3-6,9,15H2,1-2H3. The third-order valence-corrected chi connectivity index (χ3v) is 3.65. The number of hydrogen-bond donors (Lipinski definition) is 1. The van der Waals surface area contributed by atoms with Crippen molar-refractivity contribution in [2.24, 2.45) is 5.73 Å². The fourth-order valence-corrected chi connectivity index (χ4v) is 2.55. The van der Waals surface area contributed by atoms with Gasteiger partial charge in [-0.2, -0.15) is 0 Å². The lowest BCUT2D eigenvalue weighted by molar-refractivity contribution is 0.0573. The van der Waals surface area contributed by atoms with Crippen LogP contribution in [0, 0.1) is 0 Å². The van der Waals surface area contributed by atoms with Crippen molar-refractivity contribution in [3.05, 3.63) is 23.7 Å². The predicted octanol–water partition coefficient (Wildman–Crippen LogP) is 2.70. The number of carbonyl (C=O) groups excluding carboxylic acids is 1. The van der Waals surface area contributed by atoms with E-state index < -0.39 is 0 Å². The Bertz CT molecular complexity index is 412. The number of carbonyl (C=O) groups is 1. The van der Waals surface area contributed by atoms with E-state index in [-0.39, 0.29) is 11.9 Å². The van der Waals surface area contributed by atoms with Crippen molar-refractivity contribution >= 4 is 5.91 Å². The maximum Gasteiger partial charge on any atom is 0.289 e. The molecule has 0 aromatic carbocycles. The molecule has 2 unspecified atom stereocenters. The smallest absolute Gasteiger partial charge is 0.289 e. The van der Waals surface area contributed by atoms with Gasteiger partial charge < -0.3 is 15.1 Å². The van der Waals surface area contributed by atoms with Crippen LogP contribution in [0.4, 0.5) is 0 Å². The van der Waals surface area contributed by atoms with Crippen molar-refractivity contribution in [1.82, 2.24) is 4.90 Å². The summed E-state index contributed by atoms with van der Waals surface area (Å²) in [5.41, 5.74) is 5.74. The molecule has 1 aromatic heterocycles. The molecule has 2 atom stereocenters. The third-order valence-electron chi connectivity index (χ3n) is 3.65. The Balaban J connectivity index is 2.13. The quantitative estimate of drug-likeness (QED) is 0.897. The van der Waals surface area contributed by atoms with Crippen molar-refractivity contribution < 1.29 is 9.21 Å². The van der Waals surface area contributed by atoms with Gasteiger partial charge in [0.1, 0.15) is 5.76 Å². The first kappa shape index (κ1) is 13.1. The highest BCUT2D eigenvalue weighted by Gasteiger charge is 2.28. The van der Waals surface area contributed by atoms with E-state index in [0.29, 0.717) is 17.6 Å². The van der Waals surface area contributed by atoms with Crippen LogP contribution in [-0.2, 0) is 0 Å². The van der Waals surface area contributed by atoms with Crippen LogP contribution in [0.2, 0.25) is 0 Å². The predicted molar refractivity (Wildman–Crippen MR) is 70.3 cm³/mol. The van der Waals surface area contributed by atoms with Crippen LogP contribution >= 0.6 is 0 Å². The van der Waals surface area contributed by atoms with Crippen LogP contribution in [0.15, 0.2) is 16.5 Å². The van der Waals surface area contributed by atoms with Crippen LogP contribution in [0.3, 0.4) is 0 Å². The zero-order valence-electron chi connectivity index (χ0n) is 11.2. The van der Waals surface area contributed by atoms with Crippen LogP contribution in [0.5, 0.6) is 0 Å². The van der Waals surface area contributed by atoms with Gasteiger partial charge in [0.25, 0.3) is 5.91 Å². The highest BCUT2D eigenvalue weighted by molar-refractivity contribution is 5.91. The Morgan fingerprint density at radius 3 is 2.94 bits per heavy atom. The van der Waals surface area contributed by atoms with Crippen molar-refractivity contribution in [2.45, 2.75) is 51.6 Å². The van der Waals surface area contributed by atoms with E-state index in [4.69, 9.17) is 10.2 Å². The molecule has 100 valence electrons. The molecule has 0 spiro atoms. The summed E-state index contributed by atoms with van der Waals surface area (Å²) < 4.78 is 5.54. The highest BCUT2D eigenvalue weighted by Crippen LogP contribution is 2.23. The molecule has 1 aliphatic rings. The minimum absolute atomic E-state index is 0.00782. The molecule has 1 amide bonds. The van der Waals surface area contributed by atoms with Gasteiger partial charge in [0.05, 0.1) is 6.04 Å². The number of piperidine rings is 1. The SMILES string of the molecule is CCC1CCCCN1C(=O)c1ccc(C(C)N)o1. The molecule has 0 radical (unpaired) electrons. The van der Waals surface area contributed by atoms with Crippen LogP contribution in [-0.4, -0.2) is 23.4 Å². The highest BCUT2D eigenvalue weighted by atomic mass is 16.4. The molecule has 1 aliphatic heterocycles. The van der Waals surface area contributed by atoms with E-state index in [1.165, 1.54) is 6.42 Å².